The Bertz CT molecular complexity index is 218. The zero-order valence-corrected chi connectivity index (χ0v) is 10.9. The summed E-state index contributed by atoms with van der Waals surface area (Å²) in [6, 6.07) is 0. The van der Waals surface area contributed by atoms with Gasteiger partial charge in [0.1, 0.15) is 0 Å². The molecule has 3 heteroatoms. The maximum absolute atomic E-state index is 11.6. The van der Waals surface area contributed by atoms with Gasteiger partial charge in [0.15, 0.2) is 0 Å². The van der Waals surface area contributed by atoms with E-state index >= 15 is 0 Å². The lowest BCUT2D eigenvalue weighted by molar-refractivity contribution is -0.122. The van der Waals surface area contributed by atoms with Gasteiger partial charge in [-0.2, -0.15) is 0 Å². The lowest BCUT2D eigenvalue weighted by atomic mass is 9.88. The normalized spacial score (nSPS) is 27.4. The number of piperidine rings is 1. The maximum atomic E-state index is 11.6. The smallest absolute Gasteiger partial charge is 0.220 e. The number of hydrogen-bond acceptors (Lipinski definition) is 2. The molecule has 1 fully saturated rings. The summed E-state index contributed by atoms with van der Waals surface area (Å²) in [7, 11) is 0. The summed E-state index contributed by atoms with van der Waals surface area (Å²) in [4.78, 5) is 11.6. The van der Waals surface area contributed by atoms with Crippen LogP contribution in [0.4, 0.5) is 0 Å². The molecule has 1 rings (SSSR count). The van der Waals surface area contributed by atoms with Crippen molar-refractivity contribution in [3.63, 3.8) is 0 Å². The fraction of sp³-hybridized carbons (Fsp3) is 0.923. The van der Waals surface area contributed by atoms with Crippen LogP contribution in [0.1, 0.15) is 40.0 Å². The molecule has 0 aromatic carbocycles. The third-order valence-electron chi connectivity index (χ3n) is 3.76. The van der Waals surface area contributed by atoms with E-state index in [1.54, 1.807) is 0 Å². The molecular formula is C13H26N2O. The molecule has 1 saturated heterocycles. The van der Waals surface area contributed by atoms with Gasteiger partial charge in [0.25, 0.3) is 0 Å². The summed E-state index contributed by atoms with van der Waals surface area (Å²) in [6.07, 6.45) is 2.94. The van der Waals surface area contributed by atoms with E-state index in [0.29, 0.717) is 24.2 Å². The first-order valence-corrected chi connectivity index (χ1v) is 6.60. The predicted molar refractivity (Wildman–Crippen MR) is 67.2 cm³/mol. The Labute approximate surface area is 99.4 Å². The number of carbonyl (C=O) groups excluding carboxylic acids is 1. The van der Waals surface area contributed by atoms with E-state index in [1.807, 2.05) is 0 Å². The lowest BCUT2D eigenvalue weighted by Gasteiger charge is -2.29. The molecule has 3 atom stereocenters. The van der Waals surface area contributed by atoms with Crippen LogP contribution in [-0.2, 0) is 4.79 Å². The third kappa shape index (κ3) is 4.52. The molecule has 0 aromatic heterocycles. The van der Waals surface area contributed by atoms with Crippen LogP contribution < -0.4 is 10.6 Å². The van der Waals surface area contributed by atoms with Gasteiger partial charge in [0.05, 0.1) is 0 Å². The van der Waals surface area contributed by atoms with Gasteiger partial charge in [-0.25, -0.2) is 0 Å². The number of amides is 1. The van der Waals surface area contributed by atoms with Gasteiger partial charge in [-0.3, -0.25) is 4.79 Å². The molecule has 16 heavy (non-hydrogen) atoms. The van der Waals surface area contributed by atoms with E-state index in [9.17, 15) is 4.79 Å². The van der Waals surface area contributed by atoms with E-state index in [-0.39, 0.29) is 5.91 Å². The average molecular weight is 226 g/mol. The summed E-state index contributed by atoms with van der Waals surface area (Å²) in [5.41, 5.74) is 0. The first-order chi connectivity index (χ1) is 7.63. The Hall–Kier alpha value is -0.570. The molecule has 0 radical (unpaired) electrons. The number of carbonyl (C=O) groups is 1. The monoisotopic (exact) mass is 226 g/mol. The van der Waals surface area contributed by atoms with Crippen LogP contribution in [0.2, 0.25) is 0 Å². The Morgan fingerprint density at radius 3 is 2.94 bits per heavy atom. The molecule has 0 spiro atoms. The second kappa shape index (κ2) is 6.89. The topological polar surface area (TPSA) is 41.1 Å². The molecule has 1 heterocycles. The molecule has 0 aliphatic carbocycles. The van der Waals surface area contributed by atoms with Crippen LogP contribution in [0, 0.1) is 17.8 Å². The number of nitrogens with one attached hydrogen (secondary N) is 2. The third-order valence-corrected chi connectivity index (χ3v) is 3.76. The Kier molecular flexibility index (Phi) is 5.81. The highest BCUT2D eigenvalue weighted by atomic mass is 16.1. The summed E-state index contributed by atoms with van der Waals surface area (Å²) in [5, 5.41) is 6.46. The first-order valence-electron chi connectivity index (χ1n) is 6.60. The predicted octanol–water partition coefficient (Wildman–Crippen LogP) is 1.78. The van der Waals surface area contributed by atoms with Crippen molar-refractivity contribution in [3.8, 4) is 0 Å². The quantitative estimate of drug-likeness (QED) is 0.750. The summed E-state index contributed by atoms with van der Waals surface area (Å²) in [5.74, 6) is 2.06. The molecular weight excluding hydrogens is 200 g/mol. The fourth-order valence-electron chi connectivity index (χ4n) is 2.15. The van der Waals surface area contributed by atoms with Crippen LogP contribution in [0.15, 0.2) is 0 Å². The fourth-order valence-corrected chi connectivity index (χ4v) is 2.15. The van der Waals surface area contributed by atoms with E-state index in [0.717, 1.165) is 26.1 Å². The van der Waals surface area contributed by atoms with Gasteiger partial charge >= 0.3 is 0 Å². The lowest BCUT2D eigenvalue weighted by Crippen LogP contribution is -2.41. The van der Waals surface area contributed by atoms with Crippen molar-refractivity contribution < 1.29 is 4.79 Å². The van der Waals surface area contributed by atoms with Gasteiger partial charge in [-0.15, -0.1) is 0 Å². The summed E-state index contributed by atoms with van der Waals surface area (Å²) in [6.45, 7) is 9.57. The SMILES string of the molecule is CCC(C)CC(=O)NCC1CCNCC1C. The second-order valence-electron chi connectivity index (χ2n) is 5.25. The largest absolute Gasteiger partial charge is 0.356 e. The molecule has 2 N–H and O–H groups in total. The van der Waals surface area contributed by atoms with Gasteiger partial charge < -0.3 is 10.6 Å². The highest BCUT2D eigenvalue weighted by Crippen LogP contribution is 2.17. The van der Waals surface area contributed by atoms with Crippen molar-refractivity contribution in [1.82, 2.24) is 10.6 Å². The molecule has 1 aliphatic rings. The standard InChI is InChI=1S/C13H26N2O/c1-4-10(2)7-13(16)15-9-12-5-6-14-8-11(12)3/h10-12,14H,4-9H2,1-3H3,(H,15,16). The molecule has 0 saturated carbocycles. The Morgan fingerprint density at radius 1 is 1.56 bits per heavy atom. The van der Waals surface area contributed by atoms with Gasteiger partial charge in [0.2, 0.25) is 5.91 Å². The Morgan fingerprint density at radius 2 is 2.31 bits per heavy atom. The van der Waals surface area contributed by atoms with Crippen LogP contribution in [-0.4, -0.2) is 25.5 Å². The van der Waals surface area contributed by atoms with E-state index in [2.05, 4.69) is 31.4 Å². The molecule has 1 aliphatic heterocycles. The minimum atomic E-state index is 0.222. The van der Waals surface area contributed by atoms with Crippen molar-refractivity contribution in [2.75, 3.05) is 19.6 Å². The van der Waals surface area contributed by atoms with Crippen molar-refractivity contribution in [1.29, 1.82) is 0 Å². The van der Waals surface area contributed by atoms with Gasteiger partial charge in [-0.05, 0) is 37.3 Å². The van der Waals surface area contributed by atoms with Crippen LogP contribution >= 0.6 is 0 Å². The van der Waals surface area contributed by atoms with Crippen LogP contribution in [0.25, 0.3) is 0 Å². The molecule has 0 bridgehead atoms. The Balaban J connectivity index is 2.20. The number of rotatable bonds is 5. The highest BCUT2D eigenvalue weighted by Gasteiger charge is 2.21. The van der Waals surface area contributed by atoms with Crippen molar-refractivity contribution in [3.05, 3.63) is 0 Å². The average Bonchev–Trinajstić information content (AvgIpc) is 2.28. The molecule has 1 amide bonds. The summed E-state index contributed by atoms with van der Waals surface area (Å²) < 4.78 is 0. The minimum Gasteiger partial charge on any atom is -0.356 e. The van der Waals surface area contributed by atoms with Gasteiger partial charge in [-0.1, -0.05) is 27.2 Å². The molecule has 3 unspecified atom stereocenters. The highest BCUT2D eigenvalue weighted by molar-refractivity contribution is 5.76. The maximum Gasteiger partial charge on any atom is 0.220 e. The van der Waals surface area contributed by atoms with Crippen LogP contribution in [0.5, 0.6) is 0 Å². The van der Waals surface area contributed by atoms with Crippen molar-refractivity contribution in [2.24, 2.45) is 17.8 Å². The number of hydrogen-bond donors (Lipinski definition) is 2. The van der Waals surface area contributed by atoms with Crippen molar-refractivity contribution >= 4 is 5.91 Å². The van der Waals surface area contributed by atoms with E-state index in [1.165, 1.54) is 6.42 Å². The first kappa shape index (κ1) is 13.5. The van der Waals surface area contributed by atoms with Crippen molar-refractivity contribution in [2.45, 2.75) is 40.0 Å². The molecule has 0 aromatic rings. The van der Waals surface area contributed by atoms with Gasteiger partial charge in [0, 0.05) is 13.0 Å². The van der Waals surface area contributed by atoms with E-state index in [4.69, 9.17) is 0 Å². The van der Waals surface area contributed by atoms with Crippen LogP contribution in [0.3, 0.4) is 0 Å². The second-order valence-corrected chi connectivity index (χ2v) is 5.25. The molecule has 94 valence electrons. The zero-order valence-electron chi connectivity index (χ0n) is 10.9. The minimum absolute atomic E-state index is 0.222. The zero-order chi connectivity index (χ0) is 12.0. The molecule has 3 nitrogen and oxygen atoms in total. The summed E-state index contributed by atoms with van der Waals surface area (Å²) >= 11 is 0. The van der Waals surface area contributed by atoms with E-state index < -0.39 is 0 Å².